The molecular weight excluding hydrogens is 329 g/mol. The third-order valence-electron chi connectivity index (χ3n) is 2.95. The van der Waals surface area contributed by atoms with E-state index in [2.05, 4.69) is 27.9 Å². The molecule has 3 nitrogen and oxygen atoms in total. The highest BCUT2D eigenvalue weighted by atomic mass is 127. The minimum Gasteiger partial charge on any atom is -0.376 e. The van der Waals surface area contributed by atoms with Crippen LogP contribution < -0.4 is 5.32 Å². The fraction of sp³-hybridized carbons (Fsp3) is 0.462. The Morgan fingerprint density at radius 2 is 2.41 bits per heavy atom. The summed E-state index contributed by atoms with van der Waals surface area (Å²) in [6, 6.07) is 5.76. The van der Waals surface area contributed by atoms with Crippen molar-refractivity contribution in [1.82, 2.24) is 5.32 Å². The first kappa shape index (κ1) is 12.8. The summed E-state index contributed by atoms with van der Waals surface area (Å²) in [6.45, 7) is 3.47. The van der Waals surface area contributed by atoms with E-state index in [-0.39, 0.29) is 12.0 Å². The summed E-state index contributed by atoms with van der Waals surface area (Å²) >= 11 is 2.25. The van der Waals surface area contributed by atoms with Crippen molar-refractivity contribution in [1.29, 1.82) is 0 Å². The van der Waals surface area contributed by atoms with Crippen LogP contribution in [0.3, 0.4) is 0 Å². The fourth-order valence-corrected chi connectivity index (χ4v) is 2.36. The molecule has 0 spiro atoms. The van der Waals surface area contributed by atoms with Crippen molar-refractivity contribution < 1.29 is 9.53 Å². The van der Waals surface area contributed by atoms with E-state index in [0.717, 1.165) is 28.6 Å². The molecule has 1 N–H and O–H groups in total. The second-order valence-electron chi connectivity index (χ2n) is 4.31. The number of ether oxygens (including phenoxy) is 1. The highest BCUT2D eigenvalue weighted by Crippen LogP contribution is 2.14. The zero-order chi connectivity index (χ0) is 12.3. The van der Waals surface area contributed by atoms with Crippen LogP contribution in [0.15, 0.2) is 18.2 Å². The van der Waals surface area contributed by atoms with Crippen LogP contribution in [0, 0.1) is 10.5 Å². The molecule has 1 aliphatic heterocycles. The van der Waals surface area contributed by atoms with Gasteiger partial charge >= 0.3 is 0 Å². The molecule has 1 aromatic rings. The van der Waals surface area contributed by atoms with Crippen LogP contribution in [0.1, 0.15) is 28.8 Å². The molecule has 1 aromatic carbocycles. The molecular formula is C13H16INO2. The smallest absolute Gasteiger partial charge is 0.251 e. The molecule has 4 heteroatoms. The molecule has 2 rings (SSSR count). The van der Waals surface area contributed by atoms with E-state index in [1.165, 1.54) is 5.56 Å². The van der Waals surface area contributed by atoms with Gasteiger partial charge in [-0.3, -0.25) is 4.79 Å². The summed E-state index contributed by atoms with van der Waals surface area (Å²) in [5.41, 5.74) is 1.92. The predicted octanol–water partition coefficient (Wildman–Crippen LogP) is 2.51. The van der Waals surface area contributed by atoms with Gasteiger partial charge in [0.2, 0.25) is 0 Å². The Kier molecular flexibility index (Phi) is 4.39. The highest BCUT2D eigenvalue weighted by molar-refractivity contribution is 14.1. The standard InChI is InChI=1S/C13H16INO2/c1-9-4-5-10(7-12(9)14)13(16)15-8-11-3-2-6-17-11/h4-5,7,11H,2-3,6,8H2,1H3,(H,15,16). The van der Waals surface area contributed by atoms with Crippen LogP contribution in [-0.4, -0.2) is 25.2 Å². The van der Waals surface area contributed by atoms with Crippen molar-refractivity contribution in [3.63, 3.8) is 0 Å². The molecule has 1 aliphatic rings. The minimum atomic E-state index is -0.0154. The van der Waals surface area contributed by atoms with E-state index >= 15 is 0 Å². The van der Waals surface area contributed by atoms with Crippen molar-refractivity contribution >= 4 is 28.5 Å². The van der Waals surface area contributed by atoms with Crippen LogP contribution in [-0.2, 0) is 4.74 Å². The third kappa shape index (κ3) is 3.42. The molecule has 0 saturated carbocycles. The highest BCUT2D eigenvalue weighted by Gasteiger charge is 2.16. The second kappa shape index (κ2) is 5.82. The monoisotopic (exact) mass is 345 g/mol. The van der Waals surface area contributed by atoms with Gasteiger partial charge in [0.05, 0.1) is 6.10 Å². The first-order valence-corrected chi connectivity index (χ1v) is 6.90. The normalized spacial score (nSPS) is 19.3. The maximum absolute atomic E-state index is 11.9. The molecule has 0 radical (unpaired) electrons. The largest absolute Gasteiger partial charge is 0.376 e. The summed E-state index contributed by atoms with van der Waals surface area (Å²) in [4.78, 5) is 11.9. The van der Waals surface area contributed by atoms with Crippen LogP contribution >= 0.6 is 22.6 Å². The summed E-state index contributed by atoms with van der Waals surface area (Å²) in [5, 5.41) is 2.92. The van der Waals surface area contributed by atoms with Crippen LogP contribution in [0.4, 0.5) is 0 Å². The van der Waals surface area contributed by atoms with Crippen molar-refractivity contribution in [2.24, 2.45) is 0 Å². The lowest BCUT2D eigenvalue weighted by atomic mass is 10.1. The lowest BCUT2D eigenvalue weighted by molar-refractivity contribution is 0.0857. The summed E-state index contributed by atoms with van der Waals surface area (Å²) in [6.07, 6.45) is 2.35. The fourth-order valence-electron chi connectivity index (χ4n) is 1.85. The molecule has 92 valence electrons. The van der Waals surface area contributed by atoms with E-state index < -0.39 is 0 Å². The average Bonchev–Trinajstić information content (AvgIpc) is 2.82. The Balaban J connectivity index is 1.92. The average molecular weight is 345 g/mol. The van der Waals surface area contributed by atoms with Gasteiger partial charge in [0.15, 0.2) is 0 Å². The number of amides is 1. The number of carbonyl (C=O) groups excluding carboxylic acids is 1. The number of hydrogen-bond acceptors (Lipinski definition) is 2. The van der Waals surface area contributed by atoms with Gasteiger partial charge in [-0.25, -0.2) is 0 Å². The molecule has 0 aliphatic carbocycles. The maximum atomic E-state index is 11.9. The van der Waals surface area contributed by atoms with E-state index in [0.29, 0.717) is 6.54 Å². The van der Waals surface area contributed by atoms with Crippen molar-refractivity contribution in [3.05, 3.63) is 32.9 Å². The Bertz CT molecular complexity index is 414. The molecule has 1 heterocycles. The Morgan fingerprint density at radius 1 is 1.59 bits per heavy atom. The Hall–Kier alpha value is -0.620. The summed E-state index contributed by atoms with van der Waals surface area (Å²) in [7, 11) is 0. The Labute approximate surface area is 115 Å². The first-order valence-electron chi connectivity index (χ1n) is 5.83. The van der Waals surface area contributed by atoms with Crippen molar-refractivity contribution in [2.45, 2.75) is 25.9 Å². The van der Waals surface area contributed by atoms with E-state index in [4.69, 9.17) is 4.74 Å². The van der Waals surface area contributed by atoms with E-state index in [1.807, 2.05) is 25.1 Å². The van der Waals surface area contributed by atoms with Crippen LogP contribution in [0.2, 0.25) is 0 Å². The number of benzene rings is 1. The van der Waals surface area contributed by atoms with Crippen molar-refractivity contribution in [2.75, 3.05) is 13.2 Å². The first-order chi connectivity index (χ1) is 8.16. The third-order valence-corrected chi connectivity index (χ3v) is 4.11. The van der Waals surface area contributed by atoms with Gasteiger partial charge < -0.3 is 10.1 Å². The van der Waals surface area contributed by atoms with Gasteiger partial charge in [0.25, 0.3) is 5.91 Å². The SMILES string of the molecule is Cc1ccc(C(=O)NCC2CCCO2)cc1I. The molecule has 1 saturated heterocycles. The van der Waals surface area contributed by atoms with Crippen LogP contribution in [0.5, 0.6) is 0 Å². The number of halogens is 1. The van der Waals surface area contributed by atoms with Gasteiger partial charge in [-0.2, -0.15) is 0 Å². The minimum absolute atomic E-state index is 0.0154. The number of carbonyl (C=O) groups is 1. The number of nitrogens with one attached hydrogen (secondary N) is 1. The van der Waals surface area contributed by atoms with Gasteiger partial charge in [-0.15, -0.1) is 0 Å². The van der Waals surface area contributed by atoms with Gasteiger partial charge in [0.1, 0.15) is 0 Å². The predicted molar refractivity (Wildman–Crippen MR) is 75.2 cm³/mol. The van der Waals surface area contributed by atoms with Gasteiger partial charge in [-0.1, -0.05) is 6.07 Å². The molecule has 17 heavy (non-hydrogen) atoms. The quantitative estimate of drug-likeness (QED) is 0.855. The molecule has 1 fully saturated rings. The number of hydrogen-bond donors (Lipinski definition) is 1. The lowest BCUT2D eigenvalue weighted by Gasteiger charge is -2.11. The molecule has 1 amide bonds. The lowest BCUT2D eigenvalue weighted by Crippen LogP contribution is -2.31. The summed E-state index contributed by atoms with van der Waals surface area (Å²) < 4.78 is 6.58. The zero-order valence-corrected chi connectivity index (χ0v) is 12.0. The number of rotatable bonds is 3. The second-order valence-corrected chi connectivity index (χ2v) is 5.47. The summed E-state index contributed by atoms with van der Waals surface area (Å²) in [5.74, 6) is -0.0154. The molecule has 0 bridgehead atoms. The molecule has 1 unspecified atom stereocenters. The van der Waals surface area contributed by atoms with Gasteiger partial charge in [0, 0.05) is 22.3 Å². The topological polar surface area (TPSA) is 38.3 Å². The molecule has 1 atom stereocenters. The zero-order valence-electron chi connectivity index (χ0n) is 9.83. The maximum Gasteiger partial charge on any atom is 0.251 e. The van der Waals surface area contributed by atoms with Crippen molar-refractivity contribution in [3.8, 4) is 0 Å². The van der Waals surface area contributed by atoms with Crippen LogP contribution in [0.25, 0.3) is 0 Å². The van der Waals surface area contributed by atoms with E-state index in [9.17, 15) is 4.79 Å². The Morgan fingerprint density at radius 3 is 3.06 bits per heavy atom. The van der Waals surface area contributed by atoms with E-state index in [1.54, 1.807) is 0 Å². The van der Waals surface area contributed by atoms with Gasteiger partial charge in [-0.05, 0) is 60.1 Å². The number of aryl methyl sites for hydroxylation is 1. The molecule has 0 aromatic heterocycles.